The lowest BCUT2D eigenvalue weighted by atomic mass is 10.2. The number of carbonyl (C=O) groups is 1. The first-order valence-corrected chi connectivity index (χ1v) is 8.19. The lowest BCUT2D eigenvalue weighted by Gasteiger charge is -2.25. The number of piperidine rings is 1. The fourth-order valence-electron chi connectivity index (χ4n) is 3.21. The molecule has 1 aromatic rings. The monoisotopic (exact) mass is 358 g/mol. The predicted molar refractivity (Wildman–Crippen MR) is 83.0 cm³/mol. The van der Waals surface area contributed by atoms with Crippen LogP contribution in [0.1, 0.15) is 26.5 Å². The molecule has 0 bridgehead atoms. The van der Waals surface area contributed by atoms with Gasteiger partial charge in [-0.15, -0.1) is 0 Å². The Morgan fingerprint density at radius 1 is 1.24 bits per heavy atom. The van der Waals surface area contributed by atoms with E-state index in [1.54, 1.807) is 4.90 Å². The van der Waals surface area contributed by atoms with Crippen LogP contribution < -0.4 is 4.74 Å². The molecule has 2 aliphatic rings. The van der Waals surface area contributed by atoms with Crippen LogP contribution >= 0.6 is 0 Å². The zero-order valence-corrected chi connectivity index (χ0v) is 14.3. The minimum atomic E-state index is -4.48. The summed E-state index contributed by atoms with van der Waals surface area (Å²) >= 11 is 0. The second-order valence-corrected chi connectivity index (χ2v) is 7.55. The van der Waals surface area contributed by atoms with E-state index in [4.69, 9.17) is 9.47 Å². The molecular formula is C17H21F3N2O3. The highest BCUT2D eigenvalue weighted by molar-refractivity contribution is 5.69. The topological polar surface area (TPSA) is 51.7 Å². The Balaban J connectivity index is 1.47. The molecule has 1 saturated carbocycles. The highest BCUT2D eigenvalue weighted by Crippen LogP contribution is 2.51. The minimum absolute atomic E-state index is 0.0243. The summed E-state index contributed by atoms with van der Waals surface area (Å²) < 4.78 is 48.7. The van der Waals surface area contributed by atoms with Crippen molar-refractivity contribution in [3.63, 3.8) is 0 Å². The van der Waals surface area contributed by atoms with E-state index < -0.39 is 17.5 Å². The van der Waals surface area contributed by atoms with Crippen molar-refractivity contribution in [3.8, 4) is 5.88 Å². The van der Waals surface area contributed by atoms with Gasteiger partial charge in [0, 0.05) is 25.1 Å². The third kappa shape index (κ3) is 4.16. The first kappa shape index (κ1) is 17.8. The molecule has 25 heavy (non-hydrogen) atoms. The smallest absolute Gasteiger partial charge is 0.433 e. The Kier molecular flexibility index (Phi) is 4.33. The quantitative estimate of drug-likeness (QED) is 0.829. The first-order chi connectivity index (χ1) is 11.5. The number of likely N-dealkylation sites (tertiary alicyclic amines) is 1. The molecule has 8 heteroatoms. The summed E-state index contributed by atoms with van der Waals surface area (Å²) in [5.74, 6) is 0.857. The van der Waals surface area contributed by atoms with E-state index in [0.29, 0.717) is 31.5 Å². The molecule has 1 amide bonds. The minimum Gasteiger partial charge on any atom is -0.477 e. The fraction of sp³-hybridized carbons (Fsp3) is 0.647. The third-order valence-electron chi connectivity index (χ3n) is 4.46. The maximum Gasteiger partial charge on any atom is 0.433 e. The van der Waals surface area contributed by atoms with Gasteiger partial charge in [0.05, 0.1) is 6.61 Å². The van der Waals surface area contributed by atoms with Crippen LogP contribution in [-0.4, -0.2) is 41.3 Å². The van der Waals surface area contributed by atoms with Crippen molar-refractivity contribution >= 4 is 6.09 Å². The van der Waals surface area contributed by atoms with Crippen molar-refractivity contribution in [2.45, 2.75) is 32.5 Å². The molecule has 138 valence electrons. The van der Waals surface area contributed by atoms with E-state index in [2.05, 4.69) is 4.98 Å². The molecule has 3 rings (SSSR count). The number of hydrogen-bond donors (Lipinski definition) is 0. The normalized spacial score (nSPS) is 25.5. The third-order valence-corrected chi connectivity index (χ3v) is 4.46. The van der Waals surface area contributed by atoms with Crippen molar-refractivity contribution in [2.75, 3.05) is 19.7 Å². The summed E-state index contributed by atoms with van der Waals surface area (Å²) in [6, 6.07) is 3.61. The van der Waals surface area contributed by atoms with Gasteiger partial charge in [-0.25, -0.2) is 9.78 Å². The molecule has 0 radical (unpaired) electrons. The summed E-state index contributed by atoms with van der Waals surface area (Å²) in [7, 11) is 0. The Morgan fingerprint density at radius 3 is 2.44 bits per heavy atom. The van der Waals surface area contributed by atoms with E-state index in [0.717, 1.165) is 6.07 Å². The number of carbonyl (C=O) groups excluding carboxylic acids is 1. The lowest BCUT2D eigenvalue weighted by Crippen LogP contribution is -2.37. The number of alkyl halides is 3. The number of hydrogen-bond acceptors (Lipinski definition) is 4. The maximum atomic E-state index is 12.6. The number of ether oxygens (including phenoxy) is 2. The SMILES string of the molecule is CC(C)(C)OC(=O)N1C[C@@H]2C(COc3cccc(C(F)(F)F)n3)[C@@H]2C1. The molecule has 2 fully saturated rings. The molecule has 1 aliphatic heterocycles. The van der Waals surface area contributed by atoms with Crippen LogP contribution in [0.15, 0.2) is 18.2 Å². The average molecular weight is 358 g/mol. The molecule has 0 N–H and O–H groups in total. The molecule has 3 atom stereocenters. The summed E-state index contributed by atoms with van der Waals surface area (Å²) in [6.45, 7) is 6.97. The van der Waals surface area contributed by atoms with E-state index >= 15 is 0 Å². The number of rotatable bonds is 3. The van der Waals surface area contributed by atoms with Gasteiger partial charge in [0.1, 0.15) is 11.3 Å². The van der Waals surface area contributed by atoms with Gasteiger partial charge in [-0.2, -0.15) is 13.2 Å². The molecule has 1 saturated heterocycles. The molecule has 5 nitrogen and oxygen atoms in total. The number of pyridine rings is 1. The van der Waals surface area contributed by atoms with Gasteiger partial charge < -0.3 is 14.4 Å². The van der Waals surface area contributed by atoms with E-state index in [1.807, 2.05) is 20.8 Å². The van der Waals surface area contributed by atoms with Gasteiger partial charge in [0.2, 0.25) is 5.88 Å². The standard InChI is InChI=1S/C17H21F3N2O3/c1-16(2,3)25-15(23)22-7-10-11(8-22)12(10)9-24-14-6-4-5-13(21-14)17(18,19)20/h4-6,10-12H,7-9H2,1-3H3/t10-,11+,12?. The highest BCUT2D eigenvalue weighted by atomic mass is 19.4. The number of amides is 1. The molecular weight excluding hydrogens is 337 g/mol. The number of nitrogens with zero attached hydrogens (tertiary/aromatic N) is 2. The van der Waals surface area contributed by atoms with E-state index in [1.165, 1.54) is 12.1 Å². The first-order valence-electron chi connectivity index (χ1n) is 8.19. The second kappa shape index (κ2) is 6.07. The largest absolute Gasteiger partial charge is 0.477 e. The summed E-state index contributed by atoms with van der Waals surface area (Å²) in [5, 5.41) is 0. The van der Waals surface area contributed by atoms with Gasteiger partial charge in [-0.05, 0) is 38.7 Å². The van der Waals surface area contributed by atoms with Gasteiger partial charge in [-0.3, -0.25) is 0 Å². The molecule has 1 aliphatic carbocycles. The van der Waals surface area contributed by atoms with Gasteiger partial charge >= 0.3 is 12.3 Å². The molecule has 0 aromatic carbocycles. The maximum absolute atomic E-state index is 12.6. The second-order valence-electron chi connectivity index (χ2n) is 7.55. The fourth-order valence-corrected chi connectivity index (χ4v) is 3.21. The van der Waals surface area contributed by atoms with Crippen LogP contribution in [0, 0.1) is 17.8 Å². The average Bonchev–Trinajstić information content (AvgIpc) is 2.93. The Labute approximate surface area is 144 Å². The molecule has 1 aromatic heterocycles. The van der Waals surface area contributed by atoms with Gasteiger partial charge in [0.15, 0.2) is 0 Å². The number of fused-ring (bicyclic) bond motifs is 1. The Hall–Kier alpha value is -1.99. The Bertz CT molecular complexity index is 645. The summed E-state index contributed by atoms with van der Waals surface area (Å²) in [5.41, 5.74) is -1.49. The van der Waals surface area contributed by atoms with Crippen LogP contribution in [0.5, 0.6) is 5.88 Å². The van der Waals surface area contributed by atoms with Crippen LogP contribution in [-0.2, 0) is 10.9 Å². The van der Waals surface area contributed by atoms with Crippen molar-refractivity contribution in [2.24, 2.45) is 17.8 Å². The van der Waals surface area contributed by atoms with Crippen LogP contribution in [0.2, 0.25) is 0 Å². The van der Waals surface area contributed by atoms with E-state index in [9.17, 15) is 18.0 Å². The van der Waals surface area contributed by atoms with Gasteiger partial charge in [-0.1, -0.05) is 6.07 Å². The van der Waals surface area contributed by atoms with Gasteiger partial charge in [0.25, 0.3) is 0 Å². The predicted octanol–water partition coefficient (Wildman–Crippen LogP) is 3.59. The number of halogens is 3. The zero-order chi connectivity index (χ0) is 18.4. The lowest BCUT2D eigenvalue weighted by molar-refractivity contribution is -0.141. The summed E-state index contributed by atoms with van der Waals surface area (Å²) in [6.07, 6.45) is -4.80. The van der Waals surface area contributed by atoms with Crippen LogP contribution in [0.4, 0.5) is 18.0 Å². The van der Waals surface area contributed by atoms with Crippen molar-refractivity contribution < 1.29 is 27.4 Å². The number of aromatic nitrogens is 1. The van der Waals surface area contributed by atoms with Crippen molar-refractivity contribution in [3.05, 3.63) is 23.9 Å². The highest BCUT2D eigenvalue weighted by Gasteiger charge is 2.57. The Morgan fingerprint density at radius 2 is 1.88 bits per heavy atom. The zero-order valence-electron chi connectivity index (χ0n) is 14.3. The van der Waals surface area contributed by atoms with Crippen molar-refractivity contribution in [1.29, 1.82) is 0 Å². The van der Waals surface area contributed by atoms with Crippen LogP contribution in [0.25, 0.3) is 0 Å². The summed E-state index contributed by atoms with van der Waals surface area (Å²) in [4.78, 5) is 17.2. The van der Waals surface area contributed by atoms with Crippen molar-refractivity contribution in [1.82, 2.24) is 9.88 Å². The molecule has 0 spiro atoms. The molecule has 1 unspecified atom stereocenters. The van der Waals surface area contributed by atoms with E-state index in [-0.39, 0.29) is 17.9 Å². The molecule has 2 heterocycles. The van der Waals surface area contributed by atoms with Crippen LogP contribution in [0.3, 0.4) is 0 Å².